The Morgan fingerprint density at radius 3 is 2.74 bits per heavy atom. The first kappa shape index (κ1) is 14.8. The first-order valence-corrected chi connectivity index (χ1v) is 9.17. The summed E-state index contributed by atoms with van der Waals surface area (Å²) in [5, 5.41) is 14.0. The number of hydrogen-bond acceptors (Lipinski definition) is 8. The summed E-state index contributed by atoms with van der Waals surface area (Å²) in [5.74, 6) is 3.53. The van der Waals surface area contributed by atoms with Gasteiger partial charge < -0.3 is 18.9 Å². The summed E-state index contributed by atoms with van der Waals surface area (Å²) in [6, 6.07) is 13.3. The summed E-state index contributed by atoms with van der Waals surface area (Å²) < 4.78 is 24.4. The van der Waals surface area contributed by atoms with Crippen molar-refractivity contribution in [3.05, 3.63) is 47.5 Å². The molecule has 0 amide bonds. The molecule has 9 heteroatoms. The van der Waals surface area contributed by atoms with Crippen LogP contribution in [0.3, 0.4) is 0 Å². The van der Waals surface area contributed by atoms with Gasteiger partial charge in [-0.3, -0.25) is 0 Å². The molecule has 2 aliphatic heterocycles. The van der Waals surface area contributed by atoms with E-state index in [2.05, 4.69) is 15.3 Å². The quantitative estimate of drug-likeness (QED) is 0.529. The van der Waals surface area contributed by atoms with Crippen molar-refractivity contribution in [3.63, 3.8) is 0 Å². The van der Waals surface area contributed by atoms with Gasteiger partial charge >= 0.3 is 0 Å². The number of para-hydroxylation sites is 2. The van der Waals surface area contributed by atoms with Gasteiger partial charge in [-0.2, -0.15) is 9.61 Å². The molecule has 0 bridgehead atoms. The van der Waals surface area contributed by atoms with Gasteiger partial charge in [0.25, 0.3) is 0 Å². The third-order valence-corrected chi connectivity index (χ3v) is 5.41. The summed E-state index contributed by atoms with van der Waals surface area (Å²) in [5.41, 5.74) is 0.856. The maximum Gasteiger partial charge on any atom is 0.235 e. The Labute approximate surface area is 156 Å². The SMILES string of the molecule is c1ccc2c(c1)OC[C@H](c1nn3c(-c4ccc5c(c4)OCO5)nnc3s1)O2. The van der Waals surface area contributed by atoms with Crippen LogP contribution in [-0.4, -0.2) is 33.2 Å². The Balaban J connectivity index is 1.37. The minimum atomic E-state index is -0.281. The molecular weight excluding hydrogens is 368 g/mol. The topological polar surface area (TPSA) is 80.0 Å². The van der Waals surface area contributed by atoms with Crippen LogP contribution in [0.4, 0.5) is 0 Å². The van der Waals surface area contributed by atoms with Crippen LogP contribution in [0.15, 0.2) is 42.5 Å². The molecule has 6 rings (SSSR count). The molecule has 0 N–H and O–H groups in total. The maximum atomic E-state index is 6.05. The van der Waals surface area contributed by atoms with Gasteiger partial charge in [0, 0.05) is 5.56 Å². The molecule has 0 unspecified atom stereocenters. The molecule has 27 heavy (non-hydrogen) atoms. The maximum absolute atomic E-state index is 6.05. The van der Waals surface area contributed by atoms with Gasteiger partial charge in [-0.15, -0.1) is 10.2 Å². The summed E-state index contributed by atoms with van der Waals surface area (Å²) in [6.45, 7) is 0.635. The number of ether oxygens (including phenoxy) is 4. The minimum absolute atomic E-state index is 0.232. The monoisotopic (exact) mass is 380 g/mol. The summed E-state index contributed by atoms with van der Waals surface area (Å²) in [4.78, 5) is 0.695. The Morgan fingerprint density at radius 2 is 1.78 bits per heavy atom. The number of rotatable bonds is 2. The second kappa shape index (κ2) is 5.58. The lowest BCUT2D eigenvalue weighted by Gasteiger charge is -2.24. The van der Waals surface area contributed by atoms with Gasteiger partial charge in [0.1, 0.15) is 6.61 Å². The van der Waals surface area contributed by atoms with E-state index in [0.29, 0.717) is 23.1 Å². The van der Waals surface area contributed by atoms with Gasteiger partial charge in [0.15, 0.2) is 39.9 Å². The lowest BCUT2D eigenvalue weighted by molar-refractivity contribution is 0.0904. The van der Waals surface area contributed by atoms with Crippen molar-refractivity contribution >= 4 is 16.3 Å². The molecule has 0 saturated carbocycles. The van der Waals surface area contributed by atoms with Crippen LogP contribution in [0.5, 0.6) is 23.0 Å². The van der Waals surface area contributed by atoms with Crippen molar-refractivity contribution in [1.29, 1.82) is 0 Å². The molecule has 0 aliphatic carbocycles. The summed E-state index contributed by atoms with van der Waals surface area (Å²) >= 11 is 1.44. The van der Waals surface area contributed by atoms with Crippen molar-refractivity contribution in [2.75, 3.05) is 13.4 Å². The van der Waals surface area contributed by atoms with Crippen LogP contribution in [0.1, 0.15) is 11.1 Å². The van der Waals surface area contributed by atoms with Crippen molar-refractivity contribution in [2.24, 2.45) is 0 Å². The fourth-order valence-corrected chi connectivity index (χ4v) is 3.97. The van der Waals surface area contributed by atoms with Gasteiger partial charge in [0.05, 0.1) is 0 Å². The van der Waals surface area contributed by atoms with Crippen molar-refractivity contribution in [3.8, 4) is 34.4 Å². The molecule has 8 nitrogen and oxygen atoms in total. The first-order chi connectivity index (χ1) is 13.3. The van der Waals surface area contributed by atoms with E-state index in [1.165, 1.54) is 11.3 Å². The van der Waals surface area contributed by atoms with Crippen LogP contribution in [-0.2, 0) is 0 Å². The highest BCUT2D eigenvalue weighted by molar-refractivity contribution is 7.16. The largest absolute Gasteiger partial charge is 0.485 e. The van der Waals surface area contributed by atoms with E-state index in [9.17, 15) is 0 Å². The third-order valence-electron chi connectivity index (χ3n) is 4.42. The number of fused-ring (bicyclic) bond motifs is 3. The lowest BCUT2D eigenvalue weighted by atomic mass is 10.2. The average Bonchev–Trinajstić information content (AvgIpc) is 3.42. The van der Waals surface area contributed by atoms with E-state index < -0.39 is 0 Å². The van der Waals surface area contributed by atoms with E-state index in [0.717, 1.165) is 27.8 Å². The van der Waals surface area contributed by atoms with E-state index in [4.69, 9.17) is 18.9 Å². The van der Waals surface area contributed by atoms with Crippen LogP contribution in [0.2, 0.25) is 0 Å². The molecule has 0 radical (unpaired) electrons. The predicted octanol–water partition coefficient (Wildman–Crippen LogP) is 3.09. The molecule has 0 spiro atoms. The molecule has 1 atom stereocenters. The zero-order valence-electron chi connectivity index (χ0n) is 13.9. The molecule has 4 heterocycles. The van der Waals surface area contributed by atoms with Crippen LogP contribution >= 0.6 is 11.3 Å². The van der Waals surface area contributed by atoms with Crippen molar-refractivity contribution < 1.29 is 18.9 Å². The first-order valence-electron chi connectivity index (χ1n) is 8.36. The van der Waals surface area contributed by atoms with Gasteiger partial charge in [-0.1, -0.05) is 23.5 Å². The van der Waals surface area contributed by atoms with E-state index in [1.807, 2.05) is 42.5 Å². The number of nitrogens with zero attached hydrogens (tertiary/aromatic N) is 4. The highest BCUT2D eigenvalue weighted by atomic mass is 32.1. The predicted molar refractivity (Wildman–Crippen MR) is 95.5 cm³/mol. The Bertz CT molecular complexity index is 1170. The number of benzene rings is 2. The molecular formula is C18H12N4O4S. The van der Waals surface area contributed by atoms with Crippen LogP contribution in [0, 0.1) is 0 Å². The zero-order valence-corrected chi connectivity index (χ0v) is 14.7. The van der Waals surface area contributed by atoms with Crippen LogP contribution < -0.4 is 18.9 Å². The second-order valence-electron chi connectivity index (χ2n) is 6.09. The number of aromatic nitrogens is 4. The Kier molecular flexibility index (Phi) is 3.06. The van der Waals surface area contributed by atoms with E-state index in [1.54, 1.807) is 4.52 Å². The molecule has 0 saturated heterocycles. The molecule has 2 aromatic carbocycles. The standard InChI is InChI=1S/C18H12N4O4S/c1-2-4-13-11(3-1)23-8-15(26-13)17-21-22-16(19-20-18(22)27-17)10-5-6-12-14(7-10)25-9-24-12/h1-7,15H,8-9H2/t15-/m1/s1. The Hall–Kier alpha value is -3.33. The van der Waals surface area contributed by atoms with Gasteiger partial charge in [-0.05, 0) is 30.3 Å². The molecule has 134 valence electrons. The van der Waals surface area contributed by atoms with Gasteiger partial charge in [0.2, 0.25) is 11.8 Å². The lowest BCUT2D eigenvalue weighted by Crippen LogP contribution is -2.21. The molecule has 2 aromatic heterocycles. The van der Waals surface area contributed by atoms with Gasteiger partial charge in [-0.25, -0.2) is 0 Å². The van der Waals surface area contributed by atoms with Crippen molar-refractivity contribution in [1.82, 2.24) is 19.8 Å². The highest BCUT2D eigenvalue weighted by Gasteiger charge is 2.27. The van der Waals surface area contributed by atoms with Crippen LogP contribution in [0.25, 0.3) is 16.3 Å². The smallest absolute Gasteiger partial charge is 0.235 e. The van der Waals surface area contributed by atoms with E-state index >= 15 is 0 Å². The zero-order chi connectivity index (χ0) is 17.8. The fraction of sp³-hybridized carbons (Fsp3) is 0.167. The third kappa shape index (κ3) is 2.32. The molecule has 2 aliphatic rings. The van der Waals surface area contributed by atoms with Crippen molar-refractivity contribution in [2.45, 2.75) is 6.10 Å². The molecule has 0 fully saturated rings. The Morgan fingerprint density at radius 1 is 0.926 bits per heavy atom. The summed E-state index contributed by atoms with van der Waals surface area (Å²) in [6.07, 6.45) is -0.281. The summed E-state index contributed by atoms with van der Waals surface area (Å²) in [7, 11) is 0. The highest BCUT2D eigenvalue weighted by Crippen LogP contribution is 2.38. The van der Waals surface area contributed by atoms with E-state index in [-0.39, 0.29) is 12.9 Å². The normalized spacial score (nSPS) is 17.4. The fourth-order valence-electron chi connectivity index (χ4n) is 3.12. The minimum Gasteiger partial charge on any atom is -0.485 e. The number of hydrogen-bond donors (Lipinski definition) is 0. The second-order valence-corrected chi connectivity index (χ2v) is 7.08. The average molecular weight is 380 g/mol. The molecule has 4 aromatic rings.